The van der Waals surface area contributed by atoms with E-state index < -0.39 is 11.9 Å². The fourth-order valence-electron chi connectivity index (χ4n) is 3.43. The highest BCUT2D eigenvalue weighted by molar-refractivity contribution is 5.67. The molecule has 0 heterocycles. The first-order chi connectivity index (χ1) is 11.9. The Labute approximate surface area is 160 Å². The van der Waals surface area contributed by atoms with Crippen molar-refractivity contribution in [2.75, 3.05) is 20.1 Å². The summed E-state index contributed by atoms with van der Waals surface area (Å²) in [7, 11) is 2.16. The maximum Gasteiger partial charge on any atom is 0.303 e. The van der Waals surface area contributed by atoms with Crippen LogP contribution in [-0.4, -0.2) is 47.2 Å². The van der Waals surface area contributed by atoms with Crippen LogP contribution in [0.5, 0.6) is 0 Å². The molecule has 0 aromatic carbocycles. The van der Waals surface area contributed by atoms with Crippen LogP contribution in [0.2, 0.25) is 0 Å². The van der Waals surface area contributed by atoms with E-state index in [1.165, 1.54) is 0 Å². The zero-order valence-corrected chi connectivity index (χ0v) is 17.6. The highest BCUT2D eigenvalue weighted by Gasteiger charge is 2.21. The second-order valence-corrected chi connectivity index (χ2v) is 9.39. The molecule has 0 fully saturated rings. The normalized spacial score (nSPS) is 12.5. The van der Waals surface area contributed by atoms with Crippen LogP contribution in [0.4, 0.5) is 0 Å². The number of rotatable bonds is 16. The first kappa shape index (κ1) is 24.9. The van der Waals surface area contributed by atoms with E-state index in [0.29, 0.717) is 0 Å². The van der Waals surface area contributed by atoms with E-state index in [9.17, 15) is 9.59 Å². The molecule has 0 atom stereocenters. The summed E-state index contributed by atoms with van der Waals surface area (Å²) in [5, 5.41) is 17.8. The van der Waals surface area contributed by atoms with Gasteiger partial charge < -0.3 is 15.1 Å². The second-order valence-electron chi connectivity index (χ2n) is 9.39. The van der Waals surface area contributed by atoms with Gasteiger partial charge in [-0.1, -0.05) is 53.4 Å². The molecule has 5 nitrogen and oxygen atoms in total. The number of unbranched alkanes of at least 4 members (excludes halogenated alkanes) is 4. The van der Waals surface area contributed by atoms with Gasteiger partial charge in [0.25, 0.3) is 0 Å². The van der Waals surface area contributed by atoms with E-state index >= 15 is 0 Å². The van der Waals surface area contributed by atoms with Gasteiger partial charge in [0.05, 0.1) is 12.8 Å². The molecule has 0 saturated heterocycles. The fraction of sp³-hybridized carbons (Fsp3) is 0.905. The van der Waals surface area contributed by atoms with Crippen LogP contribution in [0.25, 0.3) is 0 Å². The Bertz CT molecular complexity index is 380. The number of hydrogen-bond acceptors (Lipinski definition) is 3. The summed E-state index contributed by atoms with van der Waals surface area (Å²) in [6, 6.07) is 0. The molecule has 154 valence electrons. The van der Waals surface area contributed by atoms with Crippen molar-refractivity contribution >= 4 is 11.9 Å². The first-order valence-corrected chi connectivity index (χ1v) is 10.1. The van der Waals surface area contributed by atoms with E-state index in [1.807, 2.05) is 27.7 Å². The third kappa shape index (κ3) is 15.2. The Balaban J connectivity index is 3.65. The van der Waals surface area contributed by atoms with Crippen LogP contribution in [0, 0.1) is 10.8 Å². The molecule has 0 amide bonds. The van der Waals surface area contributed by atoms with Crippen molar-refractivity contribution in [1.82, 2.24) is 4.90 Å². The third-order valence-corrected chi connectivity index (χ3v) is 5.05. The lowest BCUT2D eigenvalue weighted by atomic mass is 9.84. The topological polar surface area (TPSA) is 77.8 Å². The predicted octanol–water partition coefficient (Wildman–Crippen LogP) is 5.04. The van der Waals surface area contributed by atoms with Crippen LogP contribution in [-0.2, 0) is 9.59 Å². The molecule has 2 N–H and O–H groups in total. The summed E-state index contributed by atoms with van der Waals surface area (Å²) in [5.41, 5.74) is -0.210. The molecule has 0 spiro atoms. The lowest BCUT2D eigenvalue weighted by Gasteiger charge is -2.23. The Kier molecular flexibility index (Phi) is 11.8. The van der Waals surface area contributed by atoms with Crippen molar-refractivity contribution in [3.8, 4) is 0 Å². The minimum absolute atomic E-state index is 0.105. The molecular formula is C21H41NO4. The lowest BCUT2D eigenvalue weighted by Crippen LogP contribution is -2.21. The molecule has 0 aromatic rings. The molecule has 0 aliphatic heterocycles. The molecule has 0 aliphatic rings. The Morgan fingerprint density at radius 1 is 0.692 bits per heavy atom. The highest BCUT2D eigenvalue weighted by atomic mass is 16.4. The van der Waals surface area contributed by atoms with Crippen LogP contribution < -0.4 is 0 Å². The fourth-order valence-corrected chi connectivity index (χ4v) is 3.43. The zero-order chi connectivity index (χ0) is 20.2. The van der Waals surface area contributed by atoms with E-state index in [2.05, 4.69) is 11.9 Å². The molecule has 0 aromatic heterocycles. The van der Waals surface area contributed by atoms with Gasteiger partial charge in [0, 0.05) is 0 Å². The summed E-state index contributed by atoms with van der Waals surface area (Å²) < 4.78 is 0. The van der Waals surface area contributed by atoms with Crippen LogP contribution >= 0.6 is 0 Å². The average Bonchev–Trinajstić information content (AvgIpc) is 2.43. The summed E-state index contributed by atoms with van der Waals surface area (Å²) in [5.74, 6) is -1.41. The Hall–Kier alpha value is -1.10. The molecule has 0 saturated carbocycles. The van der Waals surface area contributed by atoms with Gasteiger partial charge in [-0.15, -0.1) is 0 Å². The molecule has 0 unspecified atom stereocenters. The van der Waals surface area contributed by atoms with E-state index in [4.69, 9.17) is 10.2 Å². The lowest BCUT2D eigenvalue weighted by molar-refractivity contribution is -0.140. The SMILES string of the molecule is CN(CCCCCC(C)(C)CC(=O)O)CCCCCC(C)(C)CC(=O)O. The zero-order valence-electron chi connectivity index (χ0n) is 17.6. The maximum atomic E-state index is 10.8. The van der Waals surface area contributed by atoms with Gasteiger partial charge in [0.1, 0.15) is 0 Å². The number of carboxylic acids is 2. The minimum atomic E-state index is -0.707. The highest BCUT2D eigenvalue weighted by Crippen LogP contribution is 2.28. The standard InChI is InChI=1S/C21H41NO4/c1-20(2,16-18(23)24)12-8-6-10-14-22(5)15-11-7-9-13-21(3,4)17-19(25)26/h6-17H2,1-5H3,(H,23,24)(H,25,26). The maximum absolute atomic E-state index is 10.8. The van der Waals surface area contributed by atoms with Crippen LogP contribution in [0.3, 0.4) is 0 Å². The van der Waals surface area contributed by atoms with Gasteiger partial charge in [-0.05, 0) is 56.7 Å². The van der Waals surface area contributed by atoms with Gasteiger partial charge in [-0.2, -0.15) is 0 Å². The molecule has 0 radical (unpaired) electrons. The summed E-state index contributed by atoms with van der Waals surface area (Å²) in [6.45, 7) is 10.3. The monoisotopic (exact) mass is 371 g/mol. The molecule has 0 bridgehead atoms. The summed E-state index contributed by atoms with van der Waals surface area (Å²) in [6.07, 6.45) is 9.22. The van der Waals surface area contributed by atoms with Gasteiger partial charge in [0.15, 0.2) is 0 Å². The quantitative estimate of drug-likeness (QED) is 0.372. The van der Waals surface area contributed by atoms with Crippen LogP contribution in [0.1, 0.15) is 91.9 Å². The van der Waals surface area contributed by atoms with Crippen molar-refractivity contribution in [2.24, 2.45) is 10.8 Å². The van der Waals surface area contributed by atoms with Crippen LogP contribution in [0.15, 0.2) is 0 Å². The van der Waals surface area contributed by atoms with Crippen molar-refractivity contribution in [1.29, 1.82) is 0 Å². The van der Waals surface area contributed by atoms with Crippen molar-refractivity contribution in [3.05, 3.63) is 0 Å². The van der Waals surface area contributed by atoms with Gasteiger partial charge in [0.2, 0.25) is 0 Å². The molecule has 0 rings (SSSR count). The number of carbonyl (C=O) groups is 2. The van der Waals surface area contributed by atoms with Crippen molar-refractivity contribution in [3.63, 3.8) is 0 Å². The molecule has 26 heavy (non-hydrogen) atoms. The molecule has 5 heteroatoms. The van der Waals surface area contributed by atoms with Gasteiger partial charge >= 0.3 is 11.9 Å². The second kappa shape index (κ2) is 12.3. The number of aliphatic carboxylic acids is 2. The third-order valence-electron chi connectivity index (χ3n) is 5.05. The van der Waals surface area contributed by atoms with Gasteiger partial charge in [-0.25, -0.2) is 0 Å². The minimum Gasteiger partial charge on any atom is -0.481 e. The van der Waals surface area contributed by atoms with Crippen molar-refractivity contribution < 1.29 is 19.8 Å². The van der Waals surface area contributed by atoms with E-state index in [1.54, 1.807) is 0 Å². The van der Waals surface area contributed by atoms with Crippen molar-refractivity contribution in [2.45, 2.75) is 91.9 Å². The molecule has 0 aliphatic carbocycles. The Morgan fingerprint density at radius 3 is 1.35 bits per heavy atom. The number of hydrogen-bond donors (Lipinski definition) is 2. The number of carboxylic acid groups (broad SMARTS) is 2. The smallest absolute Gasteiger partial charge is 0.303 e. The Morgan fingerprint density at radius 2 is 1.04 bits per heavy atom. The predicted molar refractivity (Wildman–Crippen MR) is 107 cm³/mol. The van der Waals surface area contributed by atoms with E-state index in [-0.39, 0.29) is 23.7 Å². The number of nitrogens with zero attached hydrogens (tertiary/aromatic N) is 1. The average molecular weight is 372 g/mol. The van der Waals surface area contributed by atoms with Gasteiger partial charge in [-0.3, -0.25) is 9.59 Å². The summed E-state index contributed by atoms with van der Waals surface area (Å²) >= 11 is 0. The van der Waals surface area contributed by atoms with E-state index in [0.717, 1.165) is 64.5 Å². The summed E-state index contributed by atoms with van der Waals surface area (Å²) in [4.78, 5) is 24.0. The molecular weight excluding hydrogens is 330 g/mol. The largest absolute Gasteiger partial charge is 0.481 e. The first-order valence-electron chi connectivity index (χ1n) is 10.1.